The molecule has 0 N–H and O–H groups in total. The Morgan fingerprint density at radius 3 is 2.51 bits per heavy atom. The van der Waals surface area contributed by atoms with Crippen LogP contribution in [0.3, 0.4) is 0 Å². The van der Waals surface area contributed by atoms with E-state index in [0.29, 0.717) is 24.1 Å². The minimum atomic E-state index is -3.63. The van der Waals surface area contributed by atoms with Crippen LogP contribution in [0.1, 0.15) is 13.8 Å². The van der Waals surface area contributed by atoms with Crippen LogP contribution in [0.15, 0.2) is 41.8 Å². The Morgan fingerprint density at radius 2 is 1.85 bits per heavy atom. The first-order valence-electron chi connectivity index (χ1n) is 12.2. The van der Waals surface area contributed by atoms with Gasteiger partial charge in [-0.25, -0.2) is 22.8 Å². The lowest BCUT2D eigenvalue weighted by Gasteiger charge is -2.51. The van der Waals surface area contributed by atoms with Crippen molar-refractivity contribution in [1.29, 1.82) is 0 Å². The SMILES string of the molecule is CC1OC2C3CN(c4ncc(Cl)cn4)CC(C3Oc3ncnc(Oc4ccc(S(C)(=O)=O)cc4F)c3F)C12C. The summed E-state index contributed by atoms with van der Waals surface area (Å²) in [6.07, 6.45) is 4.53. The molecule has 14 heteroatoms. The number of ether oxygens (including phenoxy) is 3. The number of rotatable bonds is 6. The molecule has 3 aromatic rings. The minimum absolute atomic E-state index is 0.0262. The molecule has 2 saturated heterocycles. The Hall–Kier alpha value is -3.16. The lowest BCUT2D eigenvalue weighted by Crippen LogP contribution is -2.57. The number of halogens is 3. The molecule has 2 aromatic heterocycles. The molecule has 6 unspecified atom stereocenters. The highest BCUT2D eigenvalue weighted by atomic mass is 35.5. The summed E-state index contributed by atoms with van der Waals surface area (Å²) in [5.41, 5.74) is -0.218. The van der Waals surface area contributed by atoms with Crippen LogP contribution in [0.2, 0.25) is 5.02 Å². The van der Waals surface area contributed by atoms with E-state index in [-0.39, 0.29) is 40.2 Å². The maximum atomic E-state index is 15.5. The number of hydrogen-bond acceptors (Lipinski definition) is 10. The van der Waals surface area contributed by atoms with E-state index in [9.17, 15) is 12.8 Å². The summed E-state index contributed by atoms with van der Waals surface area (Å²) < 4.78 is 71.0. The van der Waals surface area contributed by atoms with Gasteiger partial charge in [0.05, 0.1) is 34.5 Å². The third kappa shape index (κ3) is 4.27. The summed E-state index contributed by atoms with van der Waals surface area (Å²) in [7, 11) is -3.63. The van der Waals surface area contributed by atoms with E-state index in [1.165, 1.54) is 0 Å². The van der Waals surface area contributed by atoms with Gasteiger partial charge in [0.25, 0.3) is 11.8 Å². The van der Waals surface area contributed by atoms with Gasteiger partial charge in [-0.05, 0) is 25.1 Å². The Morgan fingerprint density at radius 1 is 1.13 bits per heavy atom. The molecule has 10 nitrogen and oxygen atoms in total. The monoisotopic (exact) mass is 579 g/mol. The van der Waals surface area contributed by atoms with E-state index in [1.54, 1.807) is 12.4 Å². The van der Waals surface area contributed by atoms with Gasteiger partial charge in [-0.15, -0.1) is 0 Å². The van der Waals surface area contributed by atoms with E-state index in [2.05, 4.69) is 31.8 Å². The first kappa shape index (κ1) is 26.1. The molecule has 1 saturated carbocycles. The molecule has 2 aliphatic heterocycles. The van der Waals surface area contributed by atoms with E-state index in [4.69, 9.17) is 25.8 Å². The zero-order valence-electron chi connectivity index (χ0n) is 21.1. The molecule has 2 bridgehead atoms. The zero-order chi connectivity index (χ0) is 27.7. The molecule has 1 aromatic carbocycles. The Bertz CT molecular complexity index is 1550. The number of sulfone groups is 1. The van der Waals surface area contributed by atoms with Crippen LogP contribution >= 0.6 is 11.6 Å². The predicted octanol–water partition coefficient (Wildman–Crippen LogP) is 3.70. The van der Waals surface area contributed by atoms with Crippen LogP contribution in [0.4, 0.5) is 14.7 Å². The largest absolute Gasteiger partial charge is 0.471 e. The highest BCUT2D eigenvalue weighted by Crippen LogP contribution is 2.61. The molecule has 39 heavy (non-hydrogen) atoms. The topological polar surface area (TPSA) is 117 Å². The van der Waals surface area contributed by atoms with Gasteiger partial charge >= 0.3 is 0 Å². The smallest absolute Gasteiger partial charge is 0.263 e. The molecule has 3 fully saturated rings. The fraction of sp³-hybridized carbons (Fsp3) is 0.440. The zero-order valence-corrected chi connectivity index (χ0v) is 22.7. The third-order valence-corrected chi connectivity index (χ3v) is 9.40. The van der Waals surface area contributed by atoms with E-state index in [0.717, 1.165) is 30.8 Å². The van der Waals surface area contributed by atoms with Crippen LogP contribution in [0.5, 0.6) is 17.5 Å². The predicted molar refractivity (Wildman–Crippen MR) is 135 cm³/mol. The van der Waals surface area contributed by atoms with Gasteiger partial charge in [-0.2, -0.15) is 14.4 Å². The summed E-state index contributed by atoms with van der Waals surface area (Å²) in [5, 5.41) is 0.437. The number of benzene rings is 1. The standard InChI is InChI=1S/C25H24ClF2N5O5S/c1-12-25(2)16-10-33(24-29-7-13(26)8-30-24)9-15(21(25)36-12)20(16)38-23-19(28)22(31-11-32-23)37-18-5-4-14(6-17(18)27)39(3,34)35/h4-8,11-12,15-16,20-21H,9-10H2,1-3H3. The number of hydrogen-bond donors (Lipinski definition) is 0. The quantitative estimate of drug-likeness (QED) is 0.428. The second-order valence-corrected chi connectivity index (χ2v) is 12.7. The molecular formula is C25H24ClF2N5O5S. The maximum Gasteiger partial charge on any atom is 0.263 e. The molecular weight excluding hydrogens is 556 g/mol. The van der Waals surface area contributed by atoms with Crippen LogP contribution in [-0.4, -0.2) is 66.0 Å². The second kappa shape index (κ2) is 9.20. The summed E-state index contributed by atoms with van der Waals surface area (Å²) in [4.78, 5) is 18.3. The van der Waals surface area contributed by atoms with E-state index < -0.39 is 39.2 Å². The lowest BCUT2D eigenvalue weighted by molar-refractivity contribution is -0.238. The van der Waals surface area contributed by atoms with E-state index in [1.807, 2.05) is 6.92 Å². The first-order valence-corrected chi connectivity index (χ1v) is 14.5. The molecule has 0 spiro atoms. The van der Waals surface area contributed by atoms with Gasteiger partial charge in [-0.1, -0.05) is 18.5 Å². The second-order valence-electron chi connectivity index (χ2n) is 10.3. The van der Waals surface area contributed by atoms with Gasteiger partial charge in [0.1, 0.15) is 12.4 Å². The summed E-state index contributed by atoms with van der Waals surface area (Å²) in [5.74, 6) is -2.92. The van der Waals surface area contributed by atoms with Crippen LogP contribution < -0.4 is 14.4 Å². The fourth-order valence-corrected chi connectivity index (χ4v) is 6.69. The lowest BCUT2D eigenvalue weighted by atomic mass is 9.69. The Balaban J connectivity index is 1.26. The average molecular weight is 580 g/mol. The molecule has 6 atom stereocenters. The van der Waals surface area contributed by atoms with Crippen molar-refractivity contribution in [3.05, 3.63) is 53.6 Å². The molecule has 0 radical (unpaired) electrons. The number of nitrogens with zero attached hydrogens (tertiary/aromatic N) is 5. The molecule has 4 heterocycles. The van der Waals surface area contributed by atoms with Crippen molar-refractivity contribution in [3.63, 3.8) is 0 Å². The highest BCUT2D eigenvalue weighted by molar-refractivity contribution is 7.90. The summed E-state index contributed by atoms with van der Waals surface area (Å²) >= 11 is 5.96. The Labute approximate surface area is 228 Å². The van der Waals surface area contributed by atoms with Crippen LogP contribution in [0, 0.1) is 28.9 Å². The van der Waals surface area contributed by atoms with Gasteiger partial charge < -0.3 is 19.1 Å². The molecule has 206 valence electrons. The molecule has 1 aliphatic carbocycles. The van der Waals surface area contributed by atoms with Crippen molar-refractivity contribution < 1.29 is 31.4 Å². The minimum Gasteiger partial charge on any atom is -0.471 e. The average Bonchev–Trinajstić information content (AvgIpc) is 2.99. The van der Waals surface area contributed by atoms with Crippen molar-refractivity contribution in [3.8, 4) is 17.5 Å². The van der Waals surface area contributed by atoms with Gasteiger partial charge in [-0.3, -0.25) is 0 Å². The molecule has 0 amide bonds. The van der Waals surface area contributed by atoms with Crippen LogP contribution in [0.25, 0.3) is 0 Å². The van der Waals surface area contributed by atoms with E-state index >= 15 is 4.39 Å². The number of fused-ring (bicyclic) bond motifs is 5. The van der Waals surface area contributed by atoms with Crippen LogP contribution in [-0.2, 0) is 14.6 Å². The highest BCUT2D eigenvalue weighted by Gasteiger charge is 2.70. The number of anilines is 1. The van der Waals surface area contributed by atoms with Crippen molar-refractivity contribution in [2.75, 3.05) is 24.2 Å². The van der Waals surface area contributed by atoms with Gasteiger partial charge in [0.15, 0.2) is 21.4 Å². The van der Waals surface area contributed by atoms with Crippen molar-refractivity contribution in [2.24, 2.45) is 17.3 Å². The first-order chi connectivity index (χ1) is 18.5. The molecule has 6 rings (SSSR count). The normalized spacial score (nSPS) is 29.5. The Kier molecular flexibility index (Phi) is 6.16. The van der Waals surface area contributed by atoms with Crippen molar-refractivity contribution in [2.45, 2.75) is 37.1 Å². The number of aromatic nitrogens is 4. The summed E-state index contributed by atoms with van der Waals surface area (Å²) in [6, 6.07) is 3.06. The fourth-order valence-electron chi connectivity index (χ4n) is 5.96. The third-order valence-electron chi connectivity index (χ3n) is 8.10. The maximum absolute atomic E-state index is 15.5. The number of piperidine rings is 1. The van der Waals surface area contributed by atoms with Crippen molar-refractivity contribution >= 4 is 27.4 Å². The molecule has 3 aliphatic rings. The van der Waals surface area contributed by atoms with Gasteiger partial charge in [0, 0.05) is 36.6 Å². The van der Waals surface area contributed by atoms with Gasteiger partial charge in [0.2, 0.25) is 11.8 Å². The van der Waals surface area contributed by atoms with Crippen molar-refractivity contribution in [1.82, 2.24) is 19.9 Å². The summed E-state index contributed by atoms with van der Waals surface area (Å²) in [6.45, 7) is 5.23.